The third kappa shape index (κ3) is 5.04. The van der Waals surface area contributed by atoms with Gasteiger partial charge in [-0.15, -0.1) is 0 Å². The van der Waals surface area contributed by atoms with E-state index in [9.17, 15) is 4.79 Å². The zero-order chi connectivity index (χ0) is 12.8. The van der Waals surface area contributed by atoms with Crippen molar-refractivity contribution in [3.05, 3.63) is 0 Å². The smallest absolute Gasteiger partial charge is 0.308 e. The number of hydrogen-bond donors (Lipinski definition) is 2. The Balaban J connectivity index is 2.23. The second-order valence-electron chi connectivity index (χ2n) is 5.62. The summed E-state index contributed by atoms with van der Waals surface area (Å²) in [6, 6.07) is 0. The largest absolute Gasteiger partial charge is 0.481 e. The summed E-state index contributed by atoms with van der Waals surface area (Å²) in [4.78, 5) is 13.4. The van der Waals surface area contributed by atoms with Crippen molar-refractivity contribution in [2.45, 2.75) is 26.7 Å². The molecule has 100 valence electrons. The van der Waals surface area contributed by atoms with E-state index in [0.29, 0.717) is 12.5 Å². The second-order valence-corrected chi connectivity index (χ2v) is 5.62. The van der Waals surface area contributed by atoms with E-state index < -0.39 is 5.97 Å². The molecule has 0 aromatic rings. The van der Waals surface area contributed by atoms with E-state index in [1.54, 1.807) is 0 Å². The fourth-order valence-electron chi connectivity index (χ4n) is 2.49. The molecule has 1 saturated heterocycles. The summed E-state index contributed by atoms with van der Waals surface area (Å²) in [6.07, 6.45) is 2.52. The topological polar surface area (TPSA) is 52.6 Å². The molecule has 4 heteroatoms. The molecule has 0 aromatic carbocycles. The molecule has 1 aliphatic rings. The molecule has 0 amide bonds. The van der Waals surface area contributed by atoms with Gasteiger partial charge in [0.15, 0.2) is 0 Å². The molecule has 0 saturated carbocycles. The van der Waals surface area contributed by atoms with Crippen LogP contribution in [0.25, 0.3) is 0 Å². The number of nitrogens with one attached hydrogen (secondary N) is 1. The third-order valence-electron chi connectivity index (χ3n) is 3.64. The first-order chi connectivity index (χ1) is 8.00. The average Bonchev–Trinajstić information content (AvgIpc) is 2.23. The highest BCUT2D eigenvalue weighted by Crippen LogP contribution is 2.15. The molecule has 0 aromatic heterocycles. The van der Waals surface area contributed by atoms with Gasteiger partial charge >= 0.3 is 5.97 Å². The fraction of sp³-hybridized carbons (Fsp3) is 0.923. The lowest BCUT2D eigenvalue weighted by Crippen LogP contribution is -2.40. The van der Waals surface area contributed by atoms with E-state index in [1.165, 1.54) is 19.4 Å². The van der Waals surface area contributed by atoms with Gasteiger partial charge in [0.05, 0.1) is 5.92 Å². The minimum absolute atomic E-state index is 0.189. The van der Waals surface area contributed by atoms with Crippen LogP contribution in [0.2, 0.25) is 0 Å². The molecule has 0 aliphatic carbocycles. The monoisotopic (exact) mass is 242 g/mol. The number of carboxylic acid groups (broad SMARTS) is 1. The zero-order valence-electron chi connectivity index (χ0n) is 11.3. The van der Waals surface area contributed by atoms with Crippen molar-refractivity contribution in [2.24, 2.45) is 17.8 Å². The number of likely N-dealkylation sites (tertiary alicyclic amines) is 1. The number of piperidine rings is 1. The van der Waals surface area contributed by atoms with Crippen molar-refractivity contribution in [3.8, 4) is 0 Å². The number of aliphatic carboxylic acids is 1. The van der Waals surface area contributed by atoms with E-state index >= 15 is 0 Å². The Hall–Kier alpha value is -0.610. The van der Waals surface area contributed by atoms with E-state index in [4.69, 9.17) is 5.11 Å². The summed E-state index contributed by atoms with van der Waals surface area (Å²) in [5.74, 6) is -0.0889. The number of carbonyl (C=O) groups is 1. The Kier molecular flexibility index (Phi) is 5.92. The van der Waals surface area contributed by atoms with Gasteiger partial charge in [-0.2, -0.15) is 0 Å². The van der Waals surface area contributed by atoms with E-state index in [1.807, 2.05) is 13.8 Å². The van der Waals surface area contributed by atoms with Gasteiger partial charge in [0.2, 0.25) is 0 Å². The molecular weight excluding hydrogens is 216 g/mol. The quantitative estimate of drug-likeness (QED) is 0.736. The minimum Gasteiger partial charge on any atom is -0.481 e. The fourth-order valence-corrected chi connectivity index (χ4v) is 2.49. The molecule has 0 spiro atoms. The van der Waals surface area contributed by atoms with Crippen LogP contribution in [0.4, 0.5) is 0 Å². The summed E-state index contributed by atoms with van der Waals surface area (Å²) in [7, 11) is 2.15. The summed E-state index contributed by atoms with van der Waals surface area (Å²) in [5, 5.41) is 12.4. The Labute approximate surface area is 104 Å². The predicted octanol–water partition coefficient (Wildman–Crippen LogP) is 1.27. The normalized spacial score (nSPS) is 23.9. The van der Waals surface area contributed by atoms with E-state index in [-0.39, 0.29) is 11.8 Å². The molecule has 1 rings (SSSR count). The average molecular weight is 242 g/mol. The first-order valence-electron chi connectivity index (χ1n) is 6.62. The van der Waals surface area contributed by atoms with Crippen LogP contribution in [0.5, 0.6) is 0 Å². The third-order valence-corrected chi connectivity index (χ3v) is 3.64. The number of rotatable bonds is 6. The lowest BCUT2D eigenvalue weighted by molar-refractivity contribution is -0.143. The maximum Gasteiger partial charge on any atom is 0.308 e. The van der Waals surface area contributed by atoms with Crippen LogP contribution in [0.15, 0.2) is 0 Å². The SMILES string of the molecule is CC(C)C(CNCC1CCCN(C)C1)C(=O)O. The first kappa shape index (κ1) is 14.5. The van der Waals surface area contributed by atoms with Gasteiger partial charge < -0.3 is 15.3 Å². The Morgan fingerprint density at radius 3 is 2.76 bits per heavy atom. The van der Waals surface area contributed by atoms with Crippen LogP contribution >= 0.6 is 0 Å². The number of hydrogen-bond acceptors (Lipinski definition) is 3. The Morgan fingerprint density at radius 2 is 2.24 bits per heavy atom. The summed E-state index contributed by atoms with van der Waals surface area (Å²) < 4.78 is 0. The number of carboxylic acids is 1. The molecule has 2 N–H and O–H groups in total. The van der Waals surface area contributed by atoms with Gasteiger partial charge in [-0.3, -0.25) is 4.79 Å². The molecule has 2 atom stereocenters. The van der Waals surface area contributed by atoms with Crippen LogP contribution in [0, 0.1) is 17.8 Å². The zero-order valence-corrected chi connectivity index (χ0v) is 11.3. The Morgan fingerprint density at radius 1 is 1.53 bits per heavy atom. The van der Waals surface area contributed by atoms with Crippen molar-refractivity contribution in [1.29, 1.82) is 0 Å². The molecule has 1 heterocycles. The van der Waals surface area contributed by atoms with Crippen molar-refractivity contribution in [3.63, 3.8) is 0 Å². The minimum atomic E-state index is -0.687. The standard InChI is InChI=1S/C13H26N2O2/c1-10(2)12(13(16)17)8-14-7-11-5-4-6-15(3)9-11/h10-12,14H,4-9H2,1-3H3,(H,16,17). The molecule has 2 unspecified atom stereocenters. The summed E-state index contributed by atoms with van der Waals surface area (Å²) in [5.41, 5.74) is 0. The number of nitrogens with zero attached hydrogens (tertiary/aromatic N) is 1. The van der Waals surface area contributed by atoms with Crippen LogP contribution in [0.1, 0.15) is 26.7 Å². The Bertz CT molecular complexity index is 244. The first-order valence-corrected chi connectivity index (χ1v) is 6.62. The molecule has 0 radical (unpaired) electrons. The van der Waals surface area contributed by atoms with Gasteiger partial charge in [-0.25, -0.2) is 0 Å². The van der Waals surface area contributed by atoms with Crippen molar-refractivity contribution >= 4 is 5.97 Å². The van der Waals surface area contributed by atoms with Crippen molar-refractivity contribution in [2.75, 3.05) is 33.2 Å². The molecular formula is C13H26N2O2. The van der Waals surface area contributed by atoms with Gasteiger partial charge in [-0.1, -0.05) is 13.8 Å². The highest BCUT2D eigenvalue weighted by Gasteiger charge is 2.22. The molecule has 1 aliphatic heterocycles. The highest BCUT2D eigenvalue weighted by atomic mass is 16.4. The highest BCUT2D eigenvalue weighted by molar-refractivity contribution is 5.70. The van der Waals surface area contributed by atoms with Gasteiger partial charge in [0.25, 0.3) is 0 Å². The van der Waals surface area contributed by atoms with E-state index in [0.717, 1.165) is 13.1 Å². The molecule has 1 fully saturated rings. The molecule has 0 bridgehead atoms. The lowest BCUT2D eigenvalue weighted by atomic mass is 9.95. The lowest BCUT2D eigenvalue weighted by Gasteiger charge is -2.30. The van der Waals surface area contributed by atoms with Crippen molar-refractivity contribution < 1.29 is 9.90 Å². The molecule has 17 heavy (non-hydrogen) atoms. The van der Waals surface area contributed by atoms with Crippen LogP contribution in [0.3, 0.4) is 0 Å². The van der Waals surface area contributed by atoms with Crippen LogP contribution in [-0.2, 0) is 4.79 Å². The van der Waals surface area contributed by atoms with Crippen LogP contribution < -0.4 is 5.32 Å². The second kappa shape index (κ2) is 6.97. The summed E-state index contributed by atoms with van der Waals surface area (Å²) in [6.45, 7) is 7.80. The van der Waals surface area contributed by atoms with Gasteiger partial charge in [0.1, 0.15) is 0 Å². The van der Waals surface area contributed by atoms with Gasteiger partial charge in [0, 0.05) is 13.1 Å². The van der Waals surface area contributed by atoms with Gasteiger partial charge in [-0.05, 0) is 44.8 Å². The van der Waals surface area contributed by atoms with Crippen molar-refractivity contribution in [1.82, 2.24) is 10.2 Å². The van der Waals surface area contributed by atoms with E-state index in [2.05, 4.69) is 17.3 Å². The van der Waals surface area contributed by atoms with Crippen LogP contribution in [-0.4, -0.2) is 49.2 Å². The maximum absolute atomic E-state index is 11.0. The molecule has 4 nitrogen and oxygen atoms in total. The maximum atomic E-state index is 11.0. The summed E-state index contributed by atoms with van der Waals surface area (Å²) >= 11 is 0. The predicted molar refractivity (Wildman–Crippen MR) is 69.1 cm³/mol.